The van der Waals surface area contributed by atoms with Crippen molar-refractivity contribution < 1.29 is 9.47 Å². The van der Waals surface area contributed by atoms with E-state index >= 15 is 0 Å². The Hall–Kier alpha value is -2.55. The predicted octanol–water partition coefficient (Wildman–Crippen LogP) is 4.54. The van der Waals surface area contributed by atoms with Crippen LogP contribution in [0, 0.1) is 13.8 Å². The van der Waals surface area contributed by atoms with Crippen molar-refractivity contribution in [3.63, 3.8) is 0 Å². The summed E-state index contributed by atoms with van der Waals surface area (Å²) in [5.74, 6) is 1.45. The summed E-state index contributed by atoms with van der Waals surface area (Å²) < 4.78 is 10.7. The number of ether oxygens (including phenoxy) is 2. The fraction of sp³-hybridized carbons (Fsp3) is 0.211. The fourth-order valence-corrected chi connectivity index (χ4v) is 2.83. The van der Waals surface area contributed by atoms with E-state index in [0.29, 0.717) is 0 Å². The van der Waals surface area contributed by atoms with Gasteiger partial charge in [-0.3, -0.25) is 4.98 Å². The molecule has 3 rings (SSSR count). The van der Waals surface area contributed by atoms with E-state index in [4.69, 9.17) is 9.47 Å². The summed E-state index contributed by atoms with van der Waals surface area (Å²) in [4.78, 5) is 4.63. The number of benzene rings is 2. The van der Waals surface area contributed by atoms with Crippen molar-refractivity contribution in [3.05, 3.63) is 53.7 Å². The van der Waals surface area contributed by atoms with Crippen LogP contribution in [-0.4, -0.2) is 19.2 Å². The van der Waals surface area contributed by atoms with E-state index < -0.39 is 0 Å². The van der Waals surface area contributed by atoms with E-state index in [0.717, 1.165) is 28.0 Å². The van der Waals surface area contributed by atoms with Gasteiger partial charge in [0, 0.05) is 17.1 Å². The van der Waals surface area contributed by atoms with E-state index in [1.165, 1.54) is 16.7 Å². The van der Waals surface area contributed by atoms with Gasteiger partial charge in [-0.1, -0.05) is 18.2 Å². The Bertz CT molecular complexity index is 820. The normalized spacial score (nSPS) is 10.7. The van der Waals surface area contributed by atoms with Crippen LogP contribution >= 0.6 is 0 Å². The van der Waals surface area contributed by atoms with E-state index in [-0.39, 0.29) is 0 Å². The van der Waals surface area contributed by atoms with Crippen LogP contribution in [0.1, 0.15) is 11.1 Å². The Morgan fingerprint density at radius 3 is 2.00 bits per heavy atom. The summed E-state index contributed by atoms with van der Waals surface area (Å²) in [6.45, 7) is 4.23. The van der Waals surface area contributed by atoms with Crippen LogP contribution in [0.5, 0.6) is 11.5 Å². The third kappa shape index (κ3) is 2.39. The first kappa shape index (κ1) is 14.4. The van der Waals surface area contributed by atoms with Gasteiger partial charge in [0.05, 0.1) is 19.9 Å². The van der Waals surface area contributed by atoms with Gasteiger partial charge >= 0.3 is 0 Å². The molecule has 0 unspecified atom stereocenters. The third-order valence-electron chi connectivity index (χ3n) is 3.96. The lowest BCUT2D eigenvalue weighted by atomic mass is 9.98. The molecular formula is C19H19NO2. The number of hydrogen-bond acceptors (Lipinski definition) is 3. The molecule has 0 atom stereocenters. The van der Waals surface area contributed by atoms with Crippen LogP contribution in [0.3, 0.4) is 0 Å². The summed E-state index contributed by atoms with van der Waals surface area (Å²) in [5, 5.41) is 2.12. The van der Waals surface area contributed by atoms with Gasteiger partial charge in [-0.2, -0.15) is 0 Å². The minimum atomic E-state index is 0.719. The molecule has 0 amide bonds. The molecule has 0 N–H and O–H groups in total. The topological polar surface area (TPSA) is 31.4 Å². The van der Waals surface area contributed by atoms with Crippen molar-refractivity contribution in [1.82, 2.24) is 4.98 Å². The SMILES string of the molecule is COc1cc2cnc(-c3c(C)cccc3C)cc2cc1OC. The maximum absolute atomic E-state index is 5.39. The smallest absolute Gasteiger partial charge is 0.161 e. The van der Waals surface area contributed by atoms with Gasteiger partial charge in [-0.25, -0.2) is 0 Å². The molecular weight excluding hydrogens is 274 g/mol. The summed E-state index contributed by atoms with van der Waals surface area (Å²) in [6.07, 6.45) is 1.89. The summed E-state index contributed by atoms with van der Waals surface area (Å²) in [6, 6.07) is 12.4. The number of pyridine rings is 1. The molecule has 3 nitrogen and oxygen atoms in total. The molecule has 0 fully saturated rings. The molecule has 0 aliphatic carbocycles. The van der Waals surface area contributed by atoms with Crippen molar-refractivity contribution in [2.75, 3.05) is 14.2 Å². The standard InChI is InChI=1S/C19H19NO2/c1-12-6-5-7-13(2)19(12)16-8-14-9-17(21-3)18(22-4)10-15(14)11-20-16/h5-11H,1-4H3. The largest absolute Gasteiger partial charge is 0.493 e. The van der Waals surface area contributed by atoms with Crippen LogP contribution in [0.25, 0.3) is 22.0 Å². The predicted molar refractivity (Wildman–Crippen MR) is 89.8 cm³/mol. The zero-order valence-corrected chi connectivity index (χ0v) is 13.3. The molecule has 0 saturated heterocycles. The summed E-state index contributed by atoms with van der Waals surface area (Å²) >= 11 is 0. The van der Waals surface area contributed by atoms with Gasteiger partial charge in [-0.15, -0.1) is 0 Å². The number of rotatable bonds is 3. The van der Waals surface area contributed by atoms with Crippen molar-refractivity contribution in [1.29, 1.82) is 0 Å². The minimum Gasteiger partial charge on any atom is -0.493 e. The van der Waals surface area contributed by atoms with E-state index in [9.17, 15) is 0 Å². The van der Waals surface area contributed by atoms with Crippen molar-refractivity contribution in [2.24, 2.45) is 0 Å². The first-order valence-corrected chi connectivity index (χ1v) is 7.22. The maximum Gasteiger partial charge on any atom is 0.161 e. The Morgan fingerprint density at radius 2 is 1.41 bits per heavy atom. The van der Waals surface area contributed by atoms with Crippen LogP contribution in [0.15, 0.2) is 42.6 Å². The number of aromatic nitrogens is 1. The molecule has 0 radical (unpaired) electrons. The molecule has 0 saturated carbocycles. The number of aryl methyl sites for hydroxylation is 2. The molecule has 0 aliphatic rings. The Balaban J connectivity index is 2.21. The van der Waals surface area contributed by atoms with Gasteiger partial charge in [-0.05, 0) is 48.6 Å². The van der Waals surface area contributed by atoms with E-state index in [2.05, 4.69) is 43.1 Å². The third-order valence-corrected chi connectivity index (χ3v) is 3.96. The molecule has 0 spiro atoms. The Labute approximate surface area is 130 Å². The molecule has 0 aliphatic heterocycles. The Kier molecular flexibility index (Phi) is 3.72. The number of methoxy groups -OCH3 is 2. The van der Waals surface area contributed by atoms with Gasteiger partial charge in [0.1, 0.15) is 0 Å². The lowest BCUT2D eigenvalue weighted by Gasteiger charge is -2.12. The molecule has 0 bridgehead atoms. The highest BCUT2D eigenvalue weighted by Crippen LogP contribution is 2.34. The quantitative estimate of drug-likeness (QED) is 0.710. The van der Waals surface area contributed by atoms with Crippen LogP contribution in [-0.2, 0) is 0 Å². The van der Waals surface area contributed by atoms with Crippen LogP contribution < -0.4 is 9.47 Å². The fourth-order valence-electron chi connectivity index (χ4n) is 2.83. The van der Waals surface area contributed by atoms with E-state index in [1.54, 1.807) is 14.2 Å². The maximum atomic E-state index is 5.39. The molecule has 2 aromatic carbocycles. The molecule has 3 aromatic rings. The molecule has 112 valence electrons. The first-order chi connectivity index (χ1) is 10.6. The second-order valence-corrected chi connectivity index (χ2v) is 5.39. The van der Waals surface area contributed by atoms with Gasteiger partial charge in [0.2, 0.25) is 0 Å². The highest BCUT2D eigenvalue weighted by atomic mass is 16.5. The number of nitrogens with zero attached hydrogens (tertiary/aromatic N) is 1. The molecule has 22 heavy (non-hydrogen) atoms. The van der Waals surface area contributed by atoms with Crippen LogP contribution in [0.4, 0.5) is 0 Å². The minimum absolute atomic E-state index is 0.719. The van der Waals surface area contributed by atoms with Crippen molar-refractivity contribution in [3.8, 4) is 22.8 Å². The van der Waals surface area contributed by atoms with E-state index in [1.807, 2.05) is 18.3 Å². The molecule has 1 aromatic heterocycles. The van der Waals surface area contributed by atoms with Crippen molar-refractivity contribution >= 4 is 10.8 Å². The lowest BCUT2D eigenvalue weighted by Crippen LogP contribution is -1.93. The molecule has 1 heterocycles. The first-order valence-electron chi connectivity index (χ1n) is 7.22. The van der Waals surface area contributed by atoms with Crippen molar-refractivity contribution in [2.45, 2.75) is 13.8 Å². The summed E-state index contributed by atoms with van der Waals surface area (Å²) in [5.41, 5.74) is 4.63. The van der Waals surface area contributed by atoms with Gasteiger partial charge < -0.3 is 9.47 Å². The molecule has 3 heteroatoms. The average Bonchev–Trinajstić information content (AvgIpc) is 2.53. The highest BCUT2D eigenvalue weighted by molar-refractivity contribution is 5.89. The van der Waals surface area contributed by atoms with Gasteiger partial charge in [0.25, 0.3) is 0 Å². The second kappa shape index (κ2) is 5.68. The lowest BCUT2D eigenvalue weighted by molar-refractivity contribution is 0.356. The summed E-state index contributed by atoms with van der Waals surface area (Å²) in [7, 11) is 3.29. The monoisotopic (exact) mass is 293 g/mol. The number of hydrogen-bond donors (Lipinski definition) is 0. The number of fused-ring (bicyclic) bond motifs is 1. The zero-order valence-electron chi connectivity index (χ0n) is 13.3. The average molecular weight is 293 g/mol. The van der Waals surface area contributed by atoms with Crippen LogP contribution in [0.2, 0.25) is 0 Å². The highest BCUT2D eigenvalue weighted by Gasteiger charge is 2.10. The zero-order chi connectivity index (χ0) is 15.7. The van der Waals surface area contributed by atoms with Gasteiger partial charge in [0.15, 0.2) is 11.5 Å². The Morgan fingerprint density at radius 1 is 0.818 bits per heavy atom. The second-order valence-electron chi connectivity index (χ2n) is 5.39.